The summed E-state index contributed by atoms with van der Waals surface area (Å²) in [6.45, 7) is 2.91. The number of amides is 3. The van der Waals surface area contributed by atoms with Gasteiger partial charge in [0, 0.05) is 61.2 Å². The highest BCUT2D eigenvalue weighted by Gasteiger charge is 2.22. The maximum atomic E-state index is 12.8. The first kappa shape index (κ1) is 19.4. The molecule has 0 bridgehead atoms. The van der Waals surface area contributed by atoms with Crippen LogP contribution in [0.15, 0.2) is 79.1 Å². The van der Waals surface area contributed by atoms with Crippen LogP contribution in [0.1, 0.15) is 10.4 Å². The zero-order valence-electron chi connectivity index (χ0n) is 16.5. The van der Waals surface area contributed by atoms with Crippen molar-refractivity contribution in [3.63, 3.8) is 0 Å². The number of carbonyl (C=O) groups is 2. The van der Waals surface area contributed by atoms with E-state index in [-0.39, 0.29) is 11.9 Å². The van der Waals surface area contributed by atoms with E-state index < -0.39 is 0 Å². The number of nitrogens with one attached hydrogen (secondary N) is 2. The molecular formula is C23H23N5O2. The van der Waals surface area contributed by atoms with Gasteiger partial charge in [0.25, 0.3) is 5.91 Å². The van der Waals surface area contributed by atoms with Crippen LogP contribution in [-0.2, 0) is 0 Å². The maximum absolute atomic E-state index is 12.8. The van der Waals surface area contributed by atoms with Gasteiger partial charge in [-0.25, -0.2) is 4.79 Å². The van der Waals surface area contributed by atoms with Gasteiger partial charge in [-0.2, -0.15) is 0 Å². The lowest BCUT2D eigenvalue weighted by molar-refractivity contribution is 0.0747. The van der Waals surface area contributed by atoms with E-state index in [4.69, 9.17) is 0 Å². The molecule has 0 radical (unpaired) electrons. The highest BCUT2D eigenvalue weighted by atomic mass is 16.2. The first-order chi connectivity index (χ1) is 14.7. The molecule has 7 nitrogen and oxygen atoms in total. The van der Waals surface area contributed by atoms with Crippen molar-refractivity contribution in [1.29, 1.82) is 0 Å². The van der Waals surface area contributed by atoms with Crippen molar-refractivity contribution in [3.8, 4) is 0 Å². The summed E-state index contributed by atoms with van der Waals surface area (Å²) in [6, 6.07) is 19.8. The zero-order valence-corrected chi connectivity index (χ0v) is 16.5. The largest absolute Gasteiger partial charge is 0.368 e. The molecule has 4 rings (SSSR count). The second-order valence-corrected chi connectivity index (χ2v) is 7.01. The smallest absolute Gasteiger partial charge is 0.323 e. The third-order valence-electron chi connectivity index (χ3n) is 5.02. The van der Waals surface area contributed by atoms with Gasteiger partial charge in [-0.1, -0.05) is 18.2 Å². The standard InChI is InChI=1S/C23H23N5O2/c29-22(28-16-14-27(15-17-28)21-10-12-24-13-11-21)18-6-8-20(9-7-18)26-23(30)25-19-4-2-1-3-5-19/h1-13H,14-17H2,(H2,25,26,30). The highest BCUT2D eigenvalue weighted by Crippen LogP contribution is 2.17. The van der Waals surface area contributed by atoms with Gasteiger partial charge in [0.1, 0.15) is 0 Å². The number of hydrogen-bond acceptors (Lipinski definition) is 4. The number of nitrogens with zero attached hydrogens (tertiary/aromatic N) is 3. The lowest BCUT2D eigenvalue weighted by Crippen LogP contribution is -2.48. The minimum Gasteiger partial charge on any atom is -0.368 e. The summed E-state index contributed by atoms with van der Waals surface area (Å²) < 4.78 is 0. The highest BCUT2D eigenvalue weighted by molar-refractivity contribution is 6.00. The van der Waals surface area contributed by atoms with Gasteiger partial charge in [-0.3, -0.25) is 9.78 Å². The monoisotopic (exact) mass is 401 g/mol. The number of carbonyl (C=O) groups excluding carboxylic acids is 2. The molecule has 0 saturated carbocycles. The predicted molar refractivity (Wildman–Crippen MR) is 118 cm³/mol. The van der Waals surface area contributed by atoms with Crippen molar-refractivity contribution >= 4 is 29.0 Å². The first-order valence-corrected chi connectivity index (χ1v) is 9.86. The first-order valence-electron chi connectivity index (χ1n) is 9.86. The molecule has 1 fully saturated rings. The number of urea groups is 1. The number of anilines is 3. The molecule has 0 aliphatic carbocycles. The molecule has 2 heterocycles. The van der Waals surface area contributed by atoms with Crippen molar-refractivity contribution in [2.45, 2.75) is 0 Å². The molecule has 152 valence electrons. The molecule has 1 aliphatic rings. The molecule has 30 heavy (non-hydrogen) atoms. The minimum atomic E-state index is -0.326. The van der Waals surface area contributed by atoms with Gasteiger partial charge < -0.3 is 20.4 Å². The summed E-state index contributed by atoms with van der Waals surface area (Å²) in [5.41, 5.74) is 3.08. The van der Waals surface area contributed by atoms with E-state index >= 15 is 0 Å². The lowest BCUT2D eigenvalue weighted by atomic mass is 10.1. The second-order valence-electron chi connectivity index (χ2n) is 7.01. The third-order valence-corrected chi connectivity index (χ3v) is 5.02. The summed E-state index contributed by atoms with van der Waals surface area (Å²) in [5.74, 6) is 0.00432. The lowest BCUT2D eigenvalue weighted by Gasteiger charge is -2.36. The van der Waals surface area contributed by atoms with Crippen molar-refractivity contribution < 1.29 is 9.59 Å². The van der Waals surface area contributed by atoms with E-state index in [1.807, 2.05) is 47.4 Å². The molecule has 2 N–H and O–H groups in total. The van der Waals surface area contributed by atoms with Gasteiger partial charge >= 0.3 is 6.03 Å². The van der Waals surface area contributed by atoms with Gasteiger partial charge in [-0.15, -0.1) is 0 Å². The van der Waals surface area contributed by atoms with Crippen LogP contribution in [0.2, 0.25) is 0 Å². The van der Waals surface area contributed by atoms with E-state index in [0.717, 1.165) is 18.8 Å². The van der Waals surface area contributed by atoms with Crippen LogP contribution in [0.4, 0.5) is 21.9 Å². The Hall–Kier alpha value is -3.87. The minimum absolute atomic E-state index is 0.00432. The molecule has 0 spiro atoms. The number of hydrogen-bond donors (Lipinski definition) is 2. The Bertz CT molecular complexity index is 985. The van der Waals surface area contributed by atoms with Crippen LogP contribution in [0.25, 0.3) is 0 Å². The molecule has 1 aromatic heterocycles. The fraction of sp³-hybridized carbons (Fsp3) is 0.174. The van der Waals surface area contributed by atoms with Crippen LogP contribution >= 0.6 is 0 Å². The van der Waals surface area contributed by atoms with Crippen molar-refractivity contribution in [2.24, 2.45) is 0 Å². The van der Waals surface area contributed by atoms with E-state index in [1.165, 1.54) is 0 Å². The van der Waals surface area contributed by atoms with E-state index in [1.54, 1.807) is 36.7 Å². The number of pyridine rings is 1. The molecule has 2 aromatic carbocycles. The topological polar surface area (TPSA) is 77.6 Å². The molecule has 1 aliphatic heterocycles. The summed E-state index contributed by atoms with van der Waals surface area (Å²) in [7, 11) is 0. The number of piperazine rings is 1. The number of aromatic nitrogens is 1. The Morgan fingerprint density at radius 3 is 1.97 bits per heavy atom. The Kier molecular flexibility index (Phi) is 5.89. The Balaban J connectivity index is 1.30. The zero-order chi connectivity index (χ0) is 20.8. The average Bonchev–Trinajstić information content (AvgIpc) is 2.80. The van der Waals surface area contributed by atoms with Gasteiger partial charge in [0.2, 0.25) is 0 Å². The third kappa shape index (κ3) is 4.75. The van der Waals surface area contributed by atoms with Gasteiger partial charge in [0.05, 0.1) is 0 Å². The predicted octanol–water partition coefficient (Wildman–Crippen LogP) is 3.69. The molecule has 3 aromatic rings. The number of benzene rings is 2. The number of rotatable bonds is 4. The van der Waals surface area contributed by atoms with Gasteiger partial charge in [0.15, 0.2) is 0 Å². The Labute approximate surface area is 175 Å². The molecule has 3 amide bonds. The van der Waals surface area contributed by atoms with Crippen molar-refractivity contribution in [2.75, 3.05) is 41.7 Å². The van der Waals surface area contributed by atoms with Gasteiger partial charge in [-0.05, 0) is 48.5 Å². The molecule has 0 unspecified atom stereocenters. The van der Waals surface area contributed by atoms with Crippen LogP contribution in [0, 0.1) is 0 Å². The summed E-state index contributed by atoms with van der Waals surface area (Å²) >= 11 is 0. The van der Waals surface area contributed by atoms with Crippen LogP contribution < -0.4 is 15.5 Å². The average molecular weight is 401 g/mol. The Morgan fingerprint density at radius 2 is 1.33 bits per heavy atom. The Morgan fingerprint density at radius 1 is 0.733 bits per heavy atom. The van der Waals surface area contributed by atoms with Crippen LogP contribution in [-0.4, -0.2) is 48.0 Å². The molecular weight excluding hydrogens is 378 g/mol. The molecule has 0 atom stereocenters. The quantitative estimate of drug-likeness (QED) is 0.699. The fourth-order valence-electron chi connectivity index (χ4n) is 3.42. The normalized spacial score (nSPS) is 13.6. The summed E-state index contributed by atoms with van der Waals surface area (Å²) in [5, 5.41) is 5.54. The molecule has 1 saturated heterocycles. The summed E-state index contributed by atoms with van der Waals surface area (Å²) in [6.07, 6.45) is 3.56. The maximum Gasteiger partial charge on any atom is 0.323 e. The van der Waals surface area contributed by atoms with Crippen LogP contribution in [0.3, 0.4) is 0 Å². The van der Waals surface area contributed by atoms with Crippen molar-refractivity contribution in [3.05, 3.63) is 84.7 Å². The summed E-state index contributed by atoms with van der Waals surface area (Å²) in [4.78, 5) is 33.1. The van der Waals surface area contributed by atoms with Crippen LogP contribution in [0.5, 0.6) is 0 Å². The number of para-hydroxylation sites is 1. The SMILES string of the molecule is O=C(Nc1ccccc1)Nc1ccc(C(=O)N2CCN(c3ccncc3)CC2)cc1. The fourth-order valence-corrected chi connectivity index (χ4v) is 3.42. The van der Waals surface area contributed by atoms with Crippen molar-refractivity contribution in [1.82, 2.24) is 9.88 Å². The van der Waals surface area contributed by atoms with E-state index in [9.17, 15) is 9.59 Å². The molecule has 7 heteroatoms. The van der Waals surface area contributed by atoms with E-state index in [0.29, 0.717) is 30.0 Å². The second kappa shape index (κ2) is 9.09. The van der Waals surface area contributed by atoms with E-state index in [2.05, 4.69) is 20.5 Å².